The Kier molecular flexibility index (Phi) is 7.76. The van der Waals surface area contributed by atoms with Crippen molar-refractivity contribution in [3.63, 3.8) is 0 Å². The second-order valence-electron chi connectivity index (χ2n) is 8.42. The number of methoxy groups -OCH3 is 1. The standard InChI is InChI=1S/C26H26BrFN4O3S/c1-16-23(24(33)30-21-6-4-5-7-22(21)34-3)26(32-10-12-35-13-11-32,19(15-29)25(36)31(16)2)18-9-8-17(27)14-20(18)28/h4-9,14,36H,10-13H2,1-3H3,(H,30,33). The van der Waals surface area contributed by atoms with Gasteiger partial charge < -0.3 is 19.7 Å². The number of ether oxygens (including phenoxy) is 2. The molecule has 0 spiro atoms. The highest BCUT2D eigenvalue weighted by Crippen LogP contribution is 2.51. The van der Waals surface area contributed by atoms with Gasteiger partial charge in [-0.2, -0.15) is 5.26 Å². The van der Waals surface area contributed by atoms with Gasteiger partial charge in [0.1, 0.15) is 23.2 Å². The summed E-state index contributed by atoms with van der Waals surface area (Å²) in [5.74, 6) is -0.554. The number of morpholine rings is 1. The Labute approximate surface area is 223 Å². The fraction of sp³-hybridized carbons (Fsp3) is 0.308. The average molecular weight is 573 g/mol. The number of carbonyl (C=O) groups is 1. The number of thiol groups is 1. The van der Waals surface area contributed by atoms with Crippen molar-refractivity contribution in [1.82, 2.24) is 9.80 Å². The zero-order valence-electron chi connectivity index (χ0n) is 20.1. The molecule has 0 bridgehead atoms. The Bertz CT molecular complexity index is 1300. The maximum absolute atomic E-state index is 15.8. The minimum atomic E-state index is -1.54. The molecule has 1 fully saturated rings. The van der Waals surface area contributed by atoms with Crippen molar-refractivity contribution < 1.29 is 18.7 Å². The number of anilines is 1. The van der Waals surface area contributed by atoms with Crippen LogP contribution in [-0.2, 0) is 15.1 Å². The number of nitriles is 1. The van der Waals surface area contributed by atoms with Crippen LogP contribution in [0.1, 0.15) is 12.5 Å². The lowest BCUT2D eigenvalue weighted by Gasteiger charge is -2.50. The van der Waals surface area contributed by atoms with Gasteiger partial charge in [-0.3, -0.25) is 9.69 Å². The smallest absolute Gasteiger partial charge is 0.256 e. The SMILES string of the molecule is COc1ccccc1NC(=O)C1=C(C)N(C)C(S)=C(C#N)C1(c1ccc(Br)cc1F)N1CCOCC1. The molecule has 0 aromatic heterocycles. The summed E-state index contributed by atoms with van der Waals surface area (Å²) in [5.41, 5.74) is 0.0386. The van der Waals surface area contributed by atoms with E-state index >= 15 is 4.39 Å². The highest BCUT2D eigenvalue weighted by Gasteiger charge is 2.54. The molecule has 10 heteroatoms. The summed E-state index contributed by atoms with van der Waals surface area (Å²) in [6.07, 6.45) is 0. The van der Waals surface area contributed by atoms with E-state index in [-0.39, 0.29) is 16.7 Å². The predicted molar refractivity (Wildman–Crippen MR) is 142 cm³/mol. The van der Waals surface area contributed by atoms with Crippen LogP contribution in [-0.4, -0.2) is 56.2 Å². The number of hydrogen-bond acceptors (Lipinski definition) is 7. The minimum Gasteiger partial charge on any atom is -0.495 e. The van der Waals surface area contributed by atoms with Gasteiger partial charge in [-0.1, -0.05) is 34.1 Å². The Balaban J connectivity index is 2.03. The van der Waals surface area contributed by atoms with E-state index in [0.717, 1.165) is 0 Å². The van der Waals surface area contributed by atoms with Gasteiger partial charge in [-0.15, -0.1) is 12.6 Å². The number of nitrogens with zero attached hydrogens (tertiary/aromatic N) is 3. The molecule has 2 aromatic rings. The van der Waals surface area contributed by atoms with Crippen LogP contribution in [0.15, 0.2) is 68.8 Å². The van der Waals surface area contributed by atoms with E-state index in [1.165, 1.54) is 13.2 Å². The van der Waals surface area contributed by atoms with Crippen LogP contribution >= 0.6 is 28.6 Å². The Morgan fingerprint density at radius 3 is 2.61 bits per heavy atom. The zero-order chi connectivity index (χ0) is 26.0. The molecule has 0 aliphatic carbocycles. The van der Waals surface area contributed by atoms with E-state index < -0.39 is 17.3 Å². The van der Waals surface area contributed by atoms with Crippen LogP contribution in [0.5, 0.6) is 5.75 Å². The van der Waals surface area contributed by atoms with Crippen LogP contribution in [0.3, 0.4) is 0 Å². The number of para-hydroxylation sites is 2. The van der Waals surface area contributed by atoms with Gasteiger partial charge in [0.05, 0.1) is 42.2 Å². The van der Waals surface area contributed by atoms with Gasteiger partial charge in [-0.05, 0) is 31.2 Å². The van der Waals surface area contributed by atoms with Gasteiger partial charge >= 0.3 is 0 Å². The summed E-state index contributed by atoms with van der Waals surface area (Å²) in [6, 6.07) is 14.0. The van der Waals surface area contributed by atoms with Crippen LogP contribution in [0.4, 0.5) is 10.1 Å². The van der Waals surface area contributed by atoms with E-state index in [4.69, 9.17) is 9.47 Å². The Morgan fingerprint density at radius 2 is 1.97 bits per heavy atom. The molecule has 1 atom stereocenters. The summed E-state index contributed by atoms with van der Waals surface area (Å²) >= 11 is 8.00. The molecule has 188 valence electrons. The molecule has 36 heavy (non-hydrogen) atoms. The molecule has 1 amide bonds. The molecular formula is C26H26BrFN4O3S. The first-order chi connectivity index (χ1) is 17.3. The fourth-order valence-corrected chi connectivity index (χ4v) is 5.57. The quantitative estimate of drug-likeness (QED) is 0.508. The molecule has 2 aliphatic rings. The van der Waals surface area contributed by atoms with Crippen LogP contribution in [0.2, 0.25) is 0 Å². The molecule has 1 unspecified atom stereocenters. The summed E-state index contributed by atoms with van der Waals surface area (Å²) in [6.45, 7) is 3.27. The van der Waals surface area contributed by atoms with Gasteiger partial charge in [-0.25, -0.2) is 4.39 Å². The van der Waals surface area contributed by atoms with E-state index in [1.807, 2.05) is 4.90 Å². The third-order valence-corrected chi connectivity index (χ3v) is 7.65. The molecule has 0 radical (unpaired) electrons. The van der Waals surface area contributed by atoms with E-state index in [2.05, 4.69) is 39.9 Å². The number of allylic oxidation sites excluding steroid dienone is 1. The lowest BCUT2D eigenvalue weighted by Crippen LogP contribution is -2.58. The van der Waals surface area contributed by atoms with Gasteiger partial charge in [0.15, 0.2) is 0 Å². The topological polar surface area (TPSA) is 77.8 Å². The first kappa shape index (κ1) is 26.2. The summed E-state index contributed by atoms with van der Waals surface area (Å²) in [5, 5.41) is 13.7. The van der Waals surface area contributed by atoms with Crippen molar-refractivity contribution in [2.45, 2.75) is 12.5 Å². The predicted octanol–water partition coefficient (Wildman–Crippen LogP) is 4.65. The maximum Gasteiger partial charge on any atom is 0.256 e. The van der Waals surface area contributed by atoms with Gasteiger partial charge in [0.25, 0.3) is 5.91 Å². The first-order valence-electron chi connectivity index (χ1n) is 11.3. The molecule has 2 aliphatic heterocycles. The second-order valence-corrected chi connectivity index (χ2v) is 9.76. The highest BCUT2D eigenvalue weighted by molar-refractivity contribution is 9.10. The molecule has 1 N–H and O–H groups in total. The number of carbonyl (C=O) groups excluding carboxylic acids is 1. The monoisotopic (exact) mass is 572 g/mol. The van der Waals surface area contributed by atoms with Crippen molar-refractivity contribution in [1.29, 1.82) is 5.26 Å². The van der Waals surface area contributed by atoms with Crippen LogP contribution in [0.25, 0.3) is 0 Å². The second kappa shape index (κ2) is 10.6. The van der Waals surface area contributed by atoms with Crippen molar-refractivity contribution in [3.8, 4) is 11.8 Å². The molecule has 1 saturated heterocycles. The number of halogens is 2. The van der Waals surface area contributed by atoms with E-state index in [9.17, 15) is 10.1 Å². The number of benzene rings is 2. The van der Waals surface area contributed by atoms with Gasteiger partial charge in [0.2, 0.25) is 0 Å². The zero-order valence-corrected chi connectivity index (χ0v) is 22.6. The van der Waals surface area contributed by atoms with E-state index in [1.54, 1.807) is 55.3 Å². The summed E-state index contributed by atoms with van der Waals surface area (Å²) in [7, 11) is 3.25. The average Bonchev–Trinajstić information content (AvgIpc) is 2.88. The lowest BCUT2D eigenvalue weighted by molar-refractivity contribution is -0.115. The third kappa shape index (κ3) is 4.30. The van der Waals surface area contributed by atoms with Crippen molar-refractivity contribution in [2.75, 3.05) is 45.8 Å². The molecule has 7 nitrogen and oxygen atoms in total. The fourth-order valence-electron chi connectivity index (χ4n) is 4.87. The molecule has 2 heterocycles. The molecule has 4 rings (SSSR count). The van der Waals surface area contributed by atoms with E-state index in [0.29, 0.717) is 52.9 Å². The molecular weight excluding hydrogens is 547 g/mol. The largest absolute Gasteiger partial charge is 0.495 e. The highest BCUT2D eigenvalue weighted by atomic mass is 79.9. The number of hydrogen-bond donors (Lipinski definition) is 2. The summed E-state index contributed by atoms with van der Waals surface area (Å²) in [4.78, 5) is 17.8. The van der Waals surface area contributed by atoms with Crippen molar-refractivity contribution in [2.24, 2.45) is 0 Å². The Hall–Kier alpha value is -2.84. The Morgan fingerprint density at radius 1 is 1.28 bits per heavy atom. The van der Waals surface area contributed by atoms with Crippen LogP contribution in [0, 0.1) is 17.1 Å². The van der Waals surface area contributed by atoms with Gasteiger partial charge in [0, 0.05) is 35.9 Å². The number of amides is 1. The molecule has 2 aromatic carbocycles. The molecule has 0 saturated carbocycles. The van der Waals surface area contributed by atoms with Crippen LogP contribution < -0.4 is 10.1 Å². The summed E-state index contributed by atoms with van der Waals surface area (Å²) < 4.78 is 27.4. The number of nitrogens with one attached hydrogen (secondary N) is 1. The van der Waals surface area contributed by atoms with Crippen molar-refractivity contribution in [3.05, 3.63) is 80.2 Å². The maximum atomic E-state index is 15.8. The number of rotatable bonds is 5. The lowest BCUT2D eigenvalue weighted by atomic mass is 9.72. The van der Waals surface area contributed by atoms with Crippen molar-refractivity contribution >= 4 is 40.2 Å². The normalized spacial score (nSPS) is 20.9. The third-order valence-electron chi connectivity index (χ3n) is 6.63. The minimum absolute atomic E-state index is 0.159. The first-order valence-corrected chi connectivity index (χ1v) is 12.5.